The van der Waals surface area contributed by atoms with Crippen molar-refractivity contribution in [1.29, 1.82) is 0 Å². The summed E-state index contributed by atoms with van der Waals surface area (Å²) >= 11 is 0. The van der Waals surface area contributed by atoms with Gasteiger partial charge >= 0.3 is 0 Å². The first kappa shape index (κ1) is 13.1. The molecule has 0 bridgehead atoms. The predicted octanol–water partition coefficient (Wildman–Crippen LogP) is 3.24. The monoisotopic (exact) mass is 263 g/mol. The maximum atomic E-state index is 14.0. The van der Waals surface area contributed by atoms with Crippen LogP contribution < -0.4 is 4.74 Å². The van der Waals surface area contributed by atoms with E-state index in [0.717, 1.165) is 6.07 Å². The number of ether oxygens (including phenoxy) is 1. The molecule has 0 saturated carbocycles. The molecule has 2 aromatic rings. The van der Waals surface area contributed by atoms with Gasteiger partial charge in [0, 0.05) is 22.9 Å². The van der Waals surface area contributed by atoms with Gasteiger partial charge in [-0.15, -0.1) is 0 Å². The number of rotatable bonds is 3. The fourth-order valence-electron chi connectivity index (χ4n) is 1.73. The zero-order valence-corrected chi connectivity index (χ0v) is 10.4. The van der Waals surface area contributed by atoms with Crippen LogP contribution in [-0.2, 0) is 0 Å². The summed E-state index contributed by atoms with van der Waals surface area (Å²) in [6.07, 6.45) is 1.32. The molecule has 98 valence electrons. The fraction of sp³-hybridized carbons (Fsp3) is 0.143. The maximum Gasteiger partial charge on any atom is 0.250 e. The predicted molar refractivity (Wildman–Crippen MR) is 66.1 cm³/mol. The van der Waals surface area contributed by atoms with Crippen molar-refractivity contribution in [3.63, 3.8) is 0 Å². The van der Waals surface area contributed by atoms with Gasteiger partial charge in [-0.2, -0.15) is 0 Å². The zero-order valence-electron chi connectivity index (χ0n) is 10.4. The summed E-state index contributed by atoms with van der Waals surface area (Å²) in [6.45, 7) is 1.36. The molecular weight excluding hydrogens is 252 g/mol. The lowest BCUT2D eigenvalue weighted by atomic mass is 10.0. The van der Waals surface area contributed by atoms with Crippen molar-refractivity contribution < 1.29 is 18.3 Å². The lowest BCUT2D eigenvalue weighted by molar-refractivity contribution is 0.101. The molecule has 2 rings (SSSR count). The Balaban J connectivity index is 2.64. The number of Topliss-reactive ketones (excluding diaryl/α,β-unsaturated/α-hetero) is 1. The number of ketones is 1. The van der Waals surface area contributed by atoms with Gasteiger partial charge in [0.1, 0.15) is 5.82 Å². The molecule has 0 saturated heterocycles. The van der Waals surface area contributed by atoms with E-state index in [1.54, 1.807) is 0 Å². The van der Waals surface area contributed by atoms with Crippen molar-refractivity contribution >= 4 is 5.78 Å². The Morgan fingerprint density at radius 3 is 2.58 bits per heavy atom. The molecule has 1 heterocycles. The number of carbonyl (C=O) groups is 1. The van der Waals surface area contributed by atoms with E-state index in [1.807, 2.05) is 0 Å². The van der Waals surface area contributed by atoms with Gasteiger partial charge in [0.15, 0.2) is 11.6 Å². The highest BCUT2D eigenvalue weighted by Gasteiger charge is 2.16. The van der Waals surface area contributed by atoms with Crippen LogP contribution in [0, 0.1) is 11.6 Å². The van der Waals surface area contributed by atoms with Gasteiger partial charge in [0.05, 0.1) is 7.11 Å². The van der Waals surface area contributed by atoms with E-state index in [2.05, 4.69) is 4.98 Å². The summed E-state index contributed by atoms with van der Waals surface area (Å²) in [5.41, 5.74) is 0.324. The van der Waals surface area contributed by atoms with Crippen LogP contribution in [0.2, 0.25) is 0 Å². The van der Waals surface area contributed by atoms with Crippen LogP contribution in [0.3, 0.4) is 0 Å². The second kappa shape index (κ2) is 5.14. The van der Waals surface area contributed by atoms with Crippen molar-refractivity contribution in [2.75, 3.05) is 7.11 Å². The highest BCUT2D eigenvalue weighted by Crippen LogP contribution is 2.30. The van der Waals surface area contributed by atoms with Gasteiger partial charge in [-0.1, -0.05) is 0 Å². The Bertz CT molecular complexity index is 641. The minimum absolute atomic E-state index is 0.00546. The maximum absolute atomic E-state index is 14.0. The van der Waals surface area contributed by atoms with Crippen molar-refractivity contribution in [3.8, 4) is 17.0 Å². The summed E-state index contributed by atoms with van der Waals surface area (Å²) in [5.74, 6) is -1.81. The average Bonchev–Trinajstić information content (AvgIpc) is 2.39. The Labute approximate surface area is 108 Å². The lowest BCUT2D eigenvalue weighted by Crippen LogP contribution is -1.98. The number of halogens is 2. The summed E-state index contributed by atoms with van der Waals surface area (Å²) in [4.78, 5) is 15.0. The van der Waals surface area contributed by atoms with Gasteiger partial charge in [0.25, 0.3) is 5.88 Å². The van der Waals surface area contributed by atoms with Crippen LogP contribution >= 0.6 is 0 Å². The highest BCUT2D eigenvalue weighted by molar-refractivity contribution is 5.95. The van der Waals surface area contributed by atoms with Gasteiger partial charge < -0.3 is 4.74 Å². The molecule has 0 aliphatic heterocycles. The second-order valence-corrected chi connectivity index (χ2v) is 3.93. The van der Waals surface area contributed by atoms with Gasteiger partial charge in [-0.05, 0) is 31.2 Å². The number of aromatic nitrogens is 1. The standard InChI is InChI=1S/C14H11F2NO2/c1-8(18)9-3-4-12(15)11(7-9)10-5-6-17-14(19-2)13(10)16/h3-7H,1-2H3. The van der Waals surface area contributed by atoms with Gasteiger partial charge in [-0.3, -0.25) is 4.79 Å². The largest absolute Gasteiger partial charge is 0.479 e. The number of benzene rings is 1. The molecule has 1 aromatic heterocycles. The number of hydrogen-bond donors (Lipinski definition) is 0. The molecule has 19 heavy (non-hydrogen) atoms. The minimum Gasteiger partial charge on any atom is -0.479 e. The van der Waals surface area contributed by atoms with Crippen molar-refractivity contribution in [1.82, 2.24) is 4.98 Å². The molecule has 0 spiro atoms. The number of nitrogens with zero attached hydrogens (tertiary/aromatic N) is 1. The average molecular weight is 263 g/mol. The Morgan fingerprint density at radius 1 is 1.21 bits per heavy atom. The Morgan fingerprint density at radius 2 is 1.95 bits per heavy atom. The topological polar surface area (TPSA) is 39.2 Å². The SMILES string of the molecule is COc1nccc(-c2cc(C(C)=O)ccc2F)c1F. The van der Waals surface area contributed by atoms with Crippen molar-refractivity contribution in [2.24, 2.45) is 0 Å². The van der Waals surface area contributed by atoms with Crippen LogP contribution in [0.4, 0.5) is 8.78 Å². The van der Waals surface area contributed by atoms with E-state index >= 15 is 0 Å². The van der Waals surface area contributed by atoms with Crippen molar-refractivity contribution in [2.45, 2.75) is 6.92 Å². The molecule has 0 atom stereocenters. The summed E-state index contributed by atoms with van der Waals surface area (Å²) in [6, 6.07) is 5.14. The van der Waals surface area contributed by atoms with E-state index in [-0.39, 0.29) is 22.8 Å². The molecular formula is C14H11F2NO2. The molecule has 1 aromatic carbocycles. The first-order valence-corrected chi connectivity index (χ1v) is 5.54. The highest BCUT2D eigenvalue weighted by atomic mass is 19.1. The fourth-order valence-corrected chi connectivity index (χ4v) is 1.73. The lowest BCUT2D eigenvalue weighted by Gasteiger charge is -2.08. The normalized spacial score (nSPS) is 10.3. The molecule has 0 amide bonds. The number of hydrogen-bond acceptors (Lipinski definition) is 3. The summed E-state index contributed by atoms with van der Waals surface area (Å²) in [5, 5.41) is 0. The van der Waals surface area contributed by atoms with Crippen LogP contribution in [0.5, 0.6) is 5.88 Å². The second-order valence-electron chi connectivity index (χ2n) is 3.93. The summed E-state index contributed by atoms with van der Waals surface area (Å²) < 4.78 is 32.6. The van der Waals surface area contributed by atoms with Crippen LogP contribution in [-0.4, -0.2) is 17.9 Å². The smallest absolute Gasteiger partial charge is 0.250 e. The third kappa shape index (κ3) is 2.45. The van der Waals surface area contributed by atoms with Crippen molar-refractivity contribution in [3.05, 3.63) is 47.7 Å². The van der Waals surface area contributed by atoms with E-state index in [9.17, 15) is 13.6 Å². The number of methoxy groups -OCH3 is 1. The molecule has 0 N–H and O–H groups in total. The molecule has 5 heteroatoms. The number of pyridine rings is 1. The molecule has 3 nitrogen and oxygen atoms in total. The molecule has 0 unspecified atom stereocenters. The Hall–Kier alpha value is -2.30. The minimum atomic E-state index is -0.760. The molecule has 0 aliphatic carbocycles. The van der Waals surface area contributed by atoms with Crippen LogP contribution in [0.1, 0.15) is 17.3 Å². The quantitative estimate of drug-likeness (QED) is 0.798. The number of carbonyl (C=O) groups excluding carboxylic acids is 1. The van der Waals surface area contributed by atoms with Gasteiger partial charge in [-0.25, -0.2) is 13.8 Å². The molecule has 0 aliphatic rings. The molecule has 0 fully saturated rings. The van der Waals surface area contributed by atoms with Crippen LogP contribution in [0.25, 0.3) is 11.1 Å². The third-order valence-electron chi connectivity index (χ3n) is 2.71. The van der Waals surface area contributed by atoms with E-state index in [0.29, 0.717) is 5.56 Å². The first-order chi connectivity index (χ1) is 9.04. The first-order valence-electron chi connectivity index (χ1n) is 5.54. The van der Waals surface area contributed by atoms with E-state index in [4.69, 9.17) is 4.74 Å². The third-order valence-corrected chi connectivity index (χ3v) is 2.71. The van der Waals surface area contributed by atoms with E-state index < -0.39 is 11.6 Å². The summed E-state index contributed by atoms with van der Waals surface area (Å²) in [7, 11) is 1.28. The molecule has 0 radical (unpaired) electrons. The van der Waals surface area contributed by atoms with Crippen LogP contribution in [0.15, 0.2) is 30.5 Å². The Kier molecular flexibility index (Phi) is 3.55. The zero-order chi connectivity index (χ0) is 14.0. The van der Waals surface area contributed by atoms with Gasteiger partial charge in [0.2, 0.25) is 0 Å². The van der Waals surface area contributed by atoms with E-state index in [1.165, 1.54) is 38.4 Å².